The molecule has 0 aliphatic heterocycles. The molecule has 1 aromatic rings. The van der Waals surface area contributed by atoms with Crippen molar-refractivity contribution < 1.29 is 22.0 Å². The van der Waals surface area contributed by atoms with E-state index < -0.39 is 24.9 Å². The molecular formula is C9H10BrF4NO. The van der Waals surface area contributed by atoms with E-state index in [2.05, 4.69) is 21.2 Å². The van der Waals surface area contributed by atoms with E-state index >= 15 is 0 Å². The van der Waals surface area contributed by atoms with Crippen LogP contribution in [-0.2, 0) is 0 Å². The van der Waals surface area contributed by atoms with E-state index in [0.29, 0.717) is 10.4 Å². The van der Waals surface area contributed by atoms with Gasteiger partial charge in [0, 0.05) is 0 Å². The summed E-state index contributed by atoms with van der Waals surface area (Å²) in [6.45, 7) is 0.455. The molecule has 0 radical (unpaired) electrons. The SMILES string of the molecule is CC(NCC(F)(F)C(F)F)c1ccc(Br)o1. The minimum Gasteiger partial charge on any atom is -0.453 e. The fourth-order valence-electron chi connectivity index (χ4n) is 1.03. The summed E-state index contributed by atoms with van der Waals surface area (Å²) in [6.07, 6.45) is -3.67. The first kappa shape index (κ1) is 13.5. The molecule has 2 nitrogen and oxygen atoms in total. The maximum atomic E-state index is 12.6. The maximum Gasteiger partial charge on any atom is 0.319 e. The topological polar surface area (TPSA) is 25.2 Å². The van der Waals surface area contributed by atoms with Gasteiger partial charge in [0.1, 0.15) is 5.76 Å². The highest BCUT2D eigenvalue weighted by Crippen LogP contribution is 2.24. The molecular weight excluding hydrogens is 294 g/mol. The van der Waals surface area contributed by atoms with Crippen LogP contribution < -0.4 is 5.32 Å². The van der Waals surface area contributed by atoms with Crippen LogP contribution in [-0.4, -0.2) is 18.9 Å². The molecule has 0 saturated carbocycles. The first-order valence-electron chi connectivity index (χ1n) is 4.47. The van der Waals surface area contributed by atoms with Crippen molar-refractivity contribution in [3.05, 3.63) is 22.6 Å². The zero-order valence-corrected chi connectivity index (χ0v) is 9.90. The Hall–Kier alpha value is -0.560. The van der Waals surface area contributed by atoms with Gasteiger partial charge in [0.15, 0.2) is 4.67 Å². The average Bonchev–Trinajstić information content (AvgIpc) is 2.61. The Morgan fingerprint density at radius 1 is 1.44 bits per heavy atom. The van der Waals surface area contributed by atoms with Crippen LogP contribution in [0.2, 0.25) is 0 Å². The molecule has 1 aromatic heterocycles. The third-order valence-electron chi connectivity index (χ3n) is 1.98. The largest absolute Gasteiger partial charge is 0.453 e. The Morgan fingerprint density at radius 3 is 2.50 bits per heavy atom. The summed E-state index contributed by atoms with van der Waals surface area (Å²) < 4.78 is 54.4. The molecule has 16 heavy (non-hydrogen) atoms. The van der Waals surface area contributed by atoms with Gasteiger partial charge >= 0.3 is 12.3 Å². The molecule has 0 amide bonds. The van der Waals surface area contributed by atoms with Crippen molar-refractivity contribution >= 4 is 15.9 Å². The Bertz CT molecular complexity index is 342. The molecule has 1 atom stereocenters. The van der Waals surface area contributed by atoms with Crippen molar-refractivity contribution in [3.63, 3.8) is 0 Å². The van der Waals surface area contributed by atoms with Gasteiger partial charge < -0.3 is 9.73 Å². The van der Waals surface area contributed by atoms with Crippen LogP contribution in [0.1, 0.15) is 18.7 Å². The minimum atomic E-state index is -4.03. The molecule has 0 aliphatic rings. The Morgan fingerprint density at radius 2 is 2.06 bits per heavy atom. The summed E-state index contributed by atoms with van der Waals surface area (Å²) in [5.41, 5.74) is 0. The molecule has 7 heteroatoms. The Labute approximate surface area is 98.1 Å². The maximum absolute atomic E-state index is 12.6. The molecule has 1 heterocycles. The summed E-state index contributed by atoms with van der Waals surface area (Å²) in [5, 5.41) is 2.29. The Kier molecular flexibility index (Phi) is 4.37. The summed E-state index contributed by atoms with van der Waals surface area (Å²) in [4.78, 5) is 0. The van der Waals surface area contributed by atoms with Gasteiger partial charge in [-0.25, -0.2) is 8.78 Å². The van der Waals surface area contributed by atoms with Gasteiger partial charge in [0.05, 0.1) is 12.6 Å². The van der Waals surface area contributed by atoms with E-state index in [9.17, 15) is 17.6 Å². The van der Waals surface area contributed by atoms with Crippen molar-refractivity contribution in [2.24, 2.45) is 0 Å². The average molecular weight is 304 g/mol. The fourth-order valence-corrected chi connectivity index (χ4v) is 1.35. The number of hydrogen-bond acceptors (Lipinski definition) is 2. The van der Waals surface area contributed by atoms with E-state index in [1.165, 1.54) is 0 Å². The lowest BCUT2D eigenvalue weighted by Crippen LogP contribution is -2.39. The smallest absolute Gasteiger partial charge is 0.319 e. The molecule has 1 N–H and O–H groups in total. The first-order valence-corrected chi connectivity index (χ1v) is 5.27. The van der Waals surface area contributed by atoms with Crippen LogP contribution in [0.15, 0.2) is 21.2 Å². The lowest BCUT2D eigenvalue weighted by atomic mass is 10.2. The number of nitrogens with one attached hydrogen (secondary N) is 1. The van der Waals surface area contributed by atoms with Crippen LogP contribution in [0.3, 0.4) is 0 Å². The number of alkyl halides is 4. The number of rotatable bonds is 5. The van der Waals surface area contributed by atoms with Crippen molar-refractivity contribution in [2.45, 2.75) is 25.3 Å². The predicted octanol–water partition coefficient (Wildman–Crippen LogP) is 3.59. The molecule has 1 unspecified atom stereocenters. The fraction of sp³-hybridized carbons (Fsp3) is 0.556. The lowest BCUT2D eigenvalue weighted by molar-refractivity contribution is -0.126. The third kappa shape index (κ3) is 3.48. The molecule has 1 rings (SSSR count). The van der Waals surface area contributed by atoms with Gasteiger partial charge in [-0.15, -0.1) is 0 Å². The Balaban J connectivity index is 2.50. The zero-order chi connectivity index (χ0) is 12.3. The van der Waals surface area contributed by atoms with Gasteiger partial charge in [-0.05, 0) is 35.0 Å². The number of halogens is 5. The summed E-state index contributed by atoms with van der Waals surface area (Å²) >= 11 is 3.05. The van der Waals surface area contributed by atoms with Crippen LogP contribution in [0, 0.1) is 0 Å². The highest BCUT2D eigenvalue weighted by atomic mass is 79.9. The first-order chi connectivity index (χ1) is 7.33. The van der Waals surface area contributed by atoms with Crippen LogP contribution in [0.4, 0.5) is 17.6 Å². The number of hydrogen-bond donors (Lipinski definition) is 1. The van der Waals surface area contributed by atoms with Gasteiger partial charge in [0.2, 0.25) is 0 Å². The molecule has 0 aliphatic carbocycles. The van der Waals surface area contributed by atoms with Crippen molar-refractivity contribution in [3.8, 4) is 0 Å². The van der Waals surface area contributed by atoms with Gasteiger partial charge in [0.25, 0.3) is 0 Å². The molecule has 0 fully saturated rings. The van der Waals surface area contributed by atoms with E-state index in [1.54, 1.807) is 19.1 Å². The quantitative estimate of drug-likeness (QED) is 0.841. The molecule has 0 bridgehead atoms. The van der Waals surface area contributed by atoms with E-state index in [-0.39, 0.29) is 0 Å². The van der Waals surface area contributed by atoms with Crippen LogP contribution >= 0.6 is 15.9 Å². The second-order valence-corrected chi connectivity index (χ2v) is 4.09. The predicted molar refractivity (Wildman–Crippen MR) is 53.8 cm³/mol. The minimum absolute atomic E-state index is 0.400. The number of furan rings is 1. The van der Waals surface area contributed by atoms with Gasteiger partial charge in [-0.3, -0.25) is 0 Å². The second kappa shape index (κ2) is 5.18. The highest BCUT2D eigenvalue weighted by molar-refractivity contribution is 9.10. The van der Waals surface area contributed by atoms with Crippen LogP contribution in [0.5, 0.6) is 0 Å². The molecule has 92 valence electrons. The van der Waals surface area contributed by atoms with Crippen molar-refractivity contribution in [2.75, 3.05) is 6.54 Å². The normalized spacial score (nSPS) is 14.4. The summed E-state index contributed by atoms with van der Waals surface area (Å²) in [7, 11) is 0. The van der Waals surface area contributed by atoms with Gasteiger partial charge in [-0.2, -0.15) is 8.78 Å². The van der Waals surface area contributed by atoms with E-state index in [1.807, 2.05) is 0 Å². The summed E-state index contributed by atoms with van der Waals surface area (Å²) in [5.74, 6) is -3.63. The monoisotopic (exact) mass is 303 g/mol. The lowest BCUT2D eigenvalue weighted by Gasteiger charge is -2.18. The molecule has 0 aromatic carbocycles. The molecule has 0 saturated heterocycles. The zero-order valence-electron chi connectivity index (χ0n) is 8.31. The highest BCUT2D eigenvalue weighted by Gasteiger charge is 2.40. The third-order valence-corrected chi connectivity index (χ3v) is 2.41. The summed E-state index contributed by atoms with van der Waals surface area (Å²) in [6, 6.07) is 2.61. The van der Waals surface area contributed by atoms with Crippen molar-refractivity contribution in [1.29, 1.82) is 0 Å². The standard InChI is InChI=1S/C9H10BrF4NO/c1-5(6-2-3-7(10)16-6)15-4-9(13,14)8(11)12/h2-3,5,8,15H,4H2,1H3. The van der Waals surface area contributed by atoms with Gasteiger partial charge in [-0.1, -0.05) is 0 Å². The van der Waals surface area contributed by atoms with E-state index in [4.69, 9.17) is 4.42 Å². The molecule has 0 spiro atoms. The van der Waals surface area contributed by atoms with Crippen molar-refractivity contribution in [1.82, 2.24) is 5.32 Å². The van der Waals surface area contributed by atoms with E-state index in [0.717, 1.165) is 0 Å². The second-order valence-electron chi connectivity index (χ2n) is 3.31. The van der Waals surface area contributed by atoms with Crippen LogP contribution in [0.25, 0.3) is 0 Å².